The number of hydrogen-bond donors (Lipinski definition) is 1. The van der Waals surface area contributed by atoms with Crippen LogP contribution >= 0.6 is 0 Å². The monoisotopic (exact) mass is 299 g/mol. The molecule has 3 heterocycles. The molecular formula is C15H17N5O2. The highest BCUT2D eigenvalue weighted by Gasteiger charge is 2.10. The van der Waals surface area contributed by atoms with Crippen molar-refractivity contribution in [1.82, 2.24) is 25.1 Å². The topological polar surface area (TPSA) is 85.3 Å². The predicted octanol–water partition coefficient (Wildman–Crippen LogP) is 1.70. The molecule has 114 valence electrons. The highest BCUT2D eigenvalue weighted by Crippen LogP contribution is 2.13. The van der Waals surface area contributed by atoms with Gasteiger partial charge in [0.15, 0.2) is 5.65 Å². The van der Waals surface area contributed by atoms with Crippen molar-refractivity contribution in [3.05, 3.63) is 47.2 Å². The maximum absolute atomic E-state index is 12.1. The van der Waals surface area contributed by atoms with Crippen molar-refractivity contribution >= 4 is 11.6 Å². The lowest BCUT2D eigenvalue weighted by molar-refractivity contribution is 0.0953. The van der Waals surface area contributed by atoms with E-state index in [4.69, 9.17) is 4.52 Å². The van der Waals surface area contributed by atoms with E-state index in [-0.39, 0.29) is 5.91 Å². The molecule has 1 N–H and O–H groups in total. The molecular weight excluding hydrogens is 282 g/mol. The minimum Gasteiger partial charge on any atom is -0.361 e. The molecule has 0 spiro atoms. The average molecular weight is 299 g/mol. The average Bonchev–Trinajstić information content (AvgIpc) is 3.10. The molecule has 7 heteroatoms. The second-order valence-corrected chi connectivity index (χ2v) is 5.14. The van der Waals surface area contributed by atoms with Crippen LogP contribution in [0.15, 0.2) is 29.2 Å². The predicted molar refractivity (Wildman–Crippen MR) is 79.6 cm³/mol. The SMILES string of the molecule is Cc1noc(C)c1CCCNC(=O)c1ccn2ncnc2c1. The Morgan fingerprint density at radius 3 is 3.05 bits per heavy atom. The van der Waals surface area contributed by atoms with Gasteiger partial charge in [-0.3, -0.25) is 4.79 Å². The van der Waals surface area contributed by atoms with Crippen LogP contribution in [0.25, 0.3) is 5.65 Å². The van der Waals surface area contributed by atoms with E-state index in [0.717, 1.165) is 29.9 Å². The Morgan fingerprint density at radius 1 is 1.41 bits per heavy atom. The van der Waals surface area contributed by atoms with E-state index < -0.39 is 0 Å². The summed E-state index contributed by atoms with van der Waals surface area (Å²) in [6.45, 7) is 4.43. The Balaban J connectivity index is 1.54. The van der Waals surface area contributed by atoms with Gasteiger partial charge in [0.2, 0.25) is 0 Å². The summed E-state index contributed by atoms with van der Waals surface area (Å²) in [4.78, 5) is 16.2. The molecule has 0 fully saturated rings. The van der Waals surface area contributed by atoms with E-state index >= 15 is 0 Å². The maximum Gasteiger partial charge on any atom is 0.251 e. The first-order valence-corrected chi connectivity index (χ1v) is 7.14. The molecule has 0 aromatic carbocycles. The molecule has 22 heavy (non-hydrogen) atoms. The summed E-state index contributed by atoms with van der Waals surface area (Å²) in [7, 11) is 0. The third kappa shape index (κ3) is 2.83. The number of amides is 1. The summed E-state index contributed by atoms with van der Waals surface area (Å²) in [6.07, 6.45) is 4.86. The highest BCUT2D eigenvalue weighted by molar-refractivity contribution is 5.94. The van der Waals surface area contributed by atoms with Gasteiger partial charge >= 0.3 is 0 Å². The van der Waals surface area contributed by atoms with Gasteiger partial charge < -0.3 is 9.84 Å². The lowest BCUT2D eigenvalue weighted by Gasteiger charge is -2.05. The molecule has 1 amide bonds. The van der Waals surface area contributed by atoms with Crippen molar-refractivity contribution in [3.63, 3.8) is 0 Å². The van der Waals surface area contributed by atoms with Gasteiger partial charge in [0.1, 0.15) is 12.1 Å². The van der Waals surface area contributed by atoms with Gasteiger partial charge in [-0.15, -0.1) is 0 Å². The second-order valence-electron chi connectivity index (χ2n) is 5.14. The van der Waals surface area contributed by atoms with Crippen molar-refractivity contribution in [1.29, 1.82) is 0 Å². The number of pyridine rings is 1. The van der Waals surface area contributed by atoms with Gasteiger partial charge in [-0.05, 0) is 38.8 Å². The number of hydrogen-bond acceptors (Lipinski definition) is 5. The molecule has 7 nitrogen and oxygen atoms in total. The third-order valence-electron chi connectivity index (χ3n) is 3.61. The smallest absolute Gasteiger partial charge is 0.251 e. The van der Waals surface area contributed by atoms with Crippen molar-refractivity contribution in [2.45, 2.75) is 26.7 Å². The summed E-state index contributed by atoms with van der Waals surface area (Å²) < 4.78 is 6.74. The van der Waals surface area contributed by atoms with Crippen molar-refractivity contribution in [2.75, 3.05) is 6.54 Å². The zero-order chi connectivity index (χ0) is 15.5. The van der Waals surface area contributed by atoms with Gasteiger partial charge in [0, 0.05) is 23.9 Å². The maximum atomic E-state index is 12.1. The molecule has 3 rings (SSSR count). The van der Waals surface area contributed by atoms with E-state index in [1.54, 1.807) is 22.8 Å². The van der Waals surface area contributed by atoms with Crippen LogP contribution in [0.2, 0.25) is 0 Å². The Morgan fingerprint density at radius 2 is 2.27 bits per heavy atom. The summed E-state index contributed by atoms with van der Waals surface area (Å²) in [5.74, 6) is 0.741. The van der Waals surface area contributed by atoms with Gasteiger partial charge in [0.05, 0.1) is 5.69 Å². The van der Waals surface area contributed by atoms with E-state index in [0.29, 0.717) is 17.8 Å². The Bertz CT molecular complexity index is 786. The highest BCUT2D eigenvalue weighted by atomic mass is 16.5. The quantitative estimate of drug-likeness (QED) is 0.725. The van der Waals surface area contributed by atoms with Crippen molar-refractivity contribution < 1.29 is 9.32 Å². The van der Waals surface area contributed by atoms with Crippen LogP contribution in [0.1, 0.15) is 33.8 Å². The number of nitrogens with one attached hydrogen (secondary N) is 1. The molecule has 0 radical (unpaired) electrons. The Hall–Kier alpha value is -2.70. The molecule has 3 aromatic heterocycles. The fourth-order valence-corrected chi connectivity index (χ4v) is 2.38. The molecule has 0 atom stereocenters. The van der Waals surface area contributed by atoms with Crippen LogP contribution in [0.5, 0.6) is 0 Å². The lowest BCUT2D eigenvalue weighted by Crippen LogP contribution is -2.25. The van der Waals surface area contributed by atoms with Crippen molar-refractivity contribution in [2.24, 2.45) is 0 Å². The number of carbonyl (C=O) groups is 1. The standard InChI is InChI=1S/C15H17N5O2/c1-10-13(11(2)22-19-10)4-3-6-16-15(21)12-5-7-20-14(8-12)17-9-18-20/h5,7-9H,3-4,6H2,1-2H3,(H,16,21). The van der Waals surface area contributed by atoms with Crippen LogP contribution in [0, 0.1) is 13.8 Å². The molecule has 0 bridgehead atoms. The Labute approximate surface area is 127 Å². The summed E-state index contributed by atoms with van der Waals surface area (Å²) in [5.41, 5.74) is 3.28. The molecule has 0 aliphatic rings. The van der Waals surface area contributed by atoms with Crippen LogP contribution < -0.4 is 5.32 Å². The number of rotatable bonds is 5. The van der Waals surface area contributed by atoms with Gasteiger partial charge in [-0.2, -0.15) is 5.10 Å². The van der Waals surface area contributed by atoms with E-state index in [1.165, 1.54) is 6.33 Å². The van der Waals surface area contributed by atoms with Gasteiger partial charge in [-0.1, -0.05) is 5.16 Å². The minimum atomic E-state index is -0.107. The lowest BCUT2D eigenvalue weighted by atomic mass is 10.1. The van der Waals surface area contributed by atoms with E-state index in [2.05, 4.69) is 20.6 Å². The molecule has 0 saturated heterocycles. The third-order valence-corrected chi connectivity index (χ3v) is 3.61. The van der Waals surface area contributed by atoms with Crippen LogP contribution in [-0.2, 0) is 6.42 Å². The van der Waals surface area contributed by atoms with E-state index in [9.17, 15) is 4.79 Å². The van der Waals surface area contributed by atoms with Crippen molar-refractivity contribution in [3.8, 4) is 0 Å². The summed E-state index contributed by atoms with van der Waals surface area (Å²) >= 11 is 0. The first kappa shape index (κ1) is 14.2. The number of carbonyl (C=O) groups excluding carboxylic acids is 1. The fourth-order valence-electron chi connectivity index (χ4n) is 2.38. The van der Waals surface area contributed by atoms with E-state index in [1.807, 2.05) is 13.8 Å². The Kier molecular flexibility index (Phi) is 3.86. The zero-order valence-corrected chi connectivity index (χ0v) is 12.5. The number of nitrogens with zero attached hydrogens (tertiary/aromatic N) is 4. The first-order chi connectivity index (χ1) is 10.6. The molecule has 0 aliphatic heterocycles. The first-order valence-electron chi connectivity index (χ1n) is 7.14. The fraction of sp³-hybridized carbons (Fsp3) is 0.333. The zero-order valence-electron chi connectivity index (χ0n) is 12.5. The largest absolute Gasteiger partial charge is 0.361 e. The summed E-state index contributed by atoms with van der Waals surface area (Å²) in [5, 5.41) is 10.8. The van der Waals surface area contributed by atoms with Crippen LogP contribution in [-0.4, -0.2) is 32.2 Å². The number of aryl methyl sites for hydroxylation is 2. The van der Waals surface area contributed by atoms with Gasteiger partial charge in [0.25, 0.3) is 5.91 Å². The van der Waals surface area contributed by atoms with Gasteiger partial charge in [-0.25, -0.2) is 9.50 Å². The molecule has 0 aliphatic carbocycles. The van der Waals surface area contributed by atoms with Crippen LogP contribution in [0.3, 0.4) is 0 Å². The molecule has 0 unspecified atom stereocenters. The second kappa shape index (κ2) is 5.97. The normalized spacial score (nSPS) is 11.0. The van der Waals surface area contributed by atoms with Crippen LogP contribution in [0.4, 0.5) is 0 Å². The minimum absolute atomic E-state index is 0.107. The summed E-state index contributed by atoms with van der Waals surface area (Å²) in [6, 6.07) is 3.45. The molecule has 0 saturated carbocycles. The number of aromatic nitrogens is 4. The molecule has 3 aromatic rings. The number of fused-ring (bicyclic) bond motifs is 1.